The number of aromatic nitrogens is 3. The van der Waals surface area contributed by atoms with Gasteiger partial charge in [0.25, 0.3) is 0 Å². The molecular weight excluding hydrogens is 288 g/mol. The Balaban J connectivity index is 1.19. The molecule has 23 heavy (non-hydrogen) atoms. The lowest BCUT2D eigenvalue weighted by molar-refractivity contribution is 0.0287. The molecular formula is C17H24N6. The van der Waals surface area contributed by atoms with Gasteiger partial charge in [0.05, 0.1) is 6.33 Å². The number of anilines is 1. The van der Waals surface area contributed by atoms with Crippen molar-refractivity contribution in [1.29, 1.82) is 0 Å². The van der Waals surface area contributed by atoms with Crippen LogP contribution in [0.3, 0.4) is 0 Å². The van der Waals surface area contributed by atoms with Gasteiger partial charge in [-0.2, -0.15) is 0 Å². The molecule has 0 N–H and O–H groups in total. The van der Waals surface area contributed by atoms with Crippen LogP contribution in [0.25, 0.3) is 0 Å². The Morgan fingerprint density at radius 3 is 2.57 bits per heavy atom. The van der Waals surface area contributed by atoms with Gasteiger partial charge in [-0.15, -0.1) is 0 Å². The molecule has 0 saturated carbocycles. The monoisotopic (exact) mass is 312 g/mol. The van der Waals surface area contributed by atoms with E-state index in [0.29, 0.717) is 0 Å². The molecule has 122 valence electrons. The summed E-state index contributed by atoms with van der Waals surface area (Å²) in [4.78, 5) is 16.1. The quantitative estimate of drug-likeness (QED) is 0.816. The first-order chi connectivity index (χ1) is 11.4. The third kappa shape index (κ3) is 3.38. The van der Waals surface area contributed by atoms with E-state index in [-0.39, 0.29) is 0 Å². The Hall–Kier alpha value is -1.92. The Morgan fingerprint density at radius 1 is 1.00 bits per heavy atom. The number of imidazole rings is 1. The summed E-state index contributed by atoms with van der Waals surface area (Å²) < 4.78 is 2.15. The Bertz CT molecular complexity index is 585. The van der Waals surface area contributed by atoms with Gasteiger partial charge in [-0.3, -0.25) is 9.80 Å². The average molecular weight is 312 g/mol. The van der Waals surface area contributed by atoms with Crippen LogP contribution in [-0.2, 0) is 6.54 Å². The van der Waals surface area contributed by atoms with Gasteiger partial charge in [-0.1, -0.05) is 6.07 Å². The van der Waals surface area contributed by atoms with E-state index in [0.717, 1.165) is 51.1 Å². The Morgan fingerprint density at radius 2 is 1.87 bits per heavy atom. The van der Waals surface area contributed by atoms with E-state index >= 15 is 0 Å². The first-order valence-corrected chi connectivity index (χ1v) is 8.46. The third-order valence-corrected chi connectivity index (χ3v) is 4.98. The number of nitrogens with zero attached hydrogens (tertiary/aromatic N) is 6. The highest BCUT2D eigenvalue weighted by Gasteiger charge is 2.33. The molecule has 0 spiro atoms. The molecule has 0 radical (unpaired) electrons. The number of piperazine rings is 1. The first kappa shape index (κ1) is 14.7. The molecule has 2 aliphatic rings. The van der Waals surface area contributed by atoms with Crippen LogP contribution >= 0.6 is 0 Å². The minimum absolute atomic E-state index is 0.740. The van der Waals surface area contributed by atoms with Crippen LogP contribution in [0.5, 0.6) is 0 Å². The summed E-state index contributed by atoms with van der Waals surface area (Å²) in [5.74, 6) is 1.11. The Kier molecular flexibility index (Phi) is 4.26. The zero-order valence-electron chi connectivity index (χ0n) is 13.5. The molecule has 2 aliphatic heterocycles. The van der Waals surface area contributed by atoms with E-state index in [1.807, 2.05) is 31.0 Å². The topological polar surface area (TPSA) is 40.4 Å². The molecule has 0 aromatic carbocycles. The SMILES string of the molecule is c1ccc(N2CCN(C3CN(CCn4ccnc4)C3)CC2)nc1. The van der Waals surface area contributed by atoms with E-state index in [4.69, 9.17) is 0 Å². The maximum atomic E-state index is 4.46. The summed E-state index contributed by atoms with van der Waals surface area (Å²) >= 11 is 0. The van der Waals surface area contributed by atoms with E-state index in [1.165, 1.54) is 13.1 Å². The number of rotatable bonds is 5. The lowest BCUT2D eigenvalue weighted by Crippen LogP contribution is -2.63. The summed E-state index contributed by atoms with van der Waals surface area (Å²) in [5, 5.41) is 0. The first-order valence-electron chi connectivity index (χ1n) is 8.46. The van der Waals surface area contributed by atoms with Crippen molar-refractivity contribution in [2.24, 2.45) is 0 Å². The fourth-order valence-electron chi connectivity index (χ4n) is 3.49. The fraction of sp³-hybridized carbons (Fsp3) is 0.529. The third-order valence-electron chi connectivity index (χ3n) is 4.98. The van der Waals surface area contributed by atoms with Gasteiger partial charge in [0.1, 0.15) is 5.82 Å². The molecule has 0 amide bonds. The van der Waals surface area contributed by atoms with Crippen molar-refractivity contribution in [2.75, 3.05) is 50.7 Å². The number of likely N-dealkylation sites (tertiary alicyclic amines) is 1. The summed E-state index contributed by atoms with van der Waals surface area (Å²) in [6, 6.07) is 6.89. The van der Waals surface area contributed by atoms with Gasteiger partial charge in [-0.25, -0.2) is 9.97 Å². The van der Waals surface area contributed by atoms with E-state index < -0.39 is 0 Å². The Labute approximate surface area is 137 Å². The predicted molar refractivity (Wildman–Crippen MR) is 90.5 cm³/mol. The van der Waals surface area contributed by atoms with Crippen LogP contribution in [0.4, 0.5) is 5.82 Å². The minimum Gasteiger partial charge on any atom is -0.354 e. The highest BCUT2D eigenvalue weighted by atomic mass is 15.4. The van der Waals surface area contributed by atoms with Crippen LogP contribution in [0.15, 0.2) is 43.1 Å². The van der Waals surface area contributed by atoms with Crippen molar-refractivity contribution in [1.82, 2.24) is 24.3 Å². The standard InChI is InChI=1S/C17H24N6/c1-2-4-19-17(3-1)23-11-9-22(10-12-23)16-13-21(14-16)8-7-20-6-5-18-15-20/h1-6,15-16H,7-14H2. The smallest absolute Gasteiger partial charge is 0.128 e. The zero-order chi connectivity index (χ0) is 15.5. The molecule has 4 heterocycles. The summed E-state index contributed by atoms with van der Waals surface area (Å²) in [6.45, 7) is 9.05. The summed E-state index contributed by atoms with van der Waals surface area (Å²) in [7, 11) is 0. The van der Waals surface area contributed by atoms with Crippen LogP contribution < -0.4 is 4.90 Å². The molecule has 6 heteroatoms. The molecule has 0 unspecified atom stereocenters. The van der Waals surface area contributed by atoms with E-state index in [2.05, 4.69) is 41.4 Å². The normalized spacial score (nSPS) is 20.6. The second kappa shape index (κ2) is 6.68. The maximum Gasteiger partial charge on any atom is 0.128 e. The van der Waals surface area contributed by atoms with Crippen LogP contribution in [0, 0.1) is 0 Å². The number of pyridine rings is 1. The van der Waals surface area contributed by atoms with Gasteiger partial charge in [0.2, 0.25) is 0 Å². The largest absolute Gasteiger partial charge is 0.354 e. The molecule has 2 aromatic rings. The molecule has 2 aromatic heterocycles. The minimum atomic E-state index is 0.740. The second-order valence-corrected chi connectivity index (χ2v) is 6.42. The van der Waals surface area contributed by atoms with Gasteiger partial charge in [-0.05, 0) is 12.1 Å². The predicted octanol–water partition coefficient (Wildman–Crippen LogP) is 0.784. The lowest BCUT2D eigenvalue weighted by atomic mass is 10.1. The van der Waals surface area contributed by atoms with Gasteiger partial charge in [0.15, 0.2) is 0 Å². The van der Waals surface area contributed by atoms with Gasteiger partial charge >= 0.3 is 0 Å². The molecule has 0 bridgehead atoms. The highest BCUT2D eigenvalue weighted by Crippen LogP contribution is 2.19. The number of hydrogen-bond donors (Lipinski definition) is 0. The zero-order valence-corrected chi connectivity index (χ0v) is 13.5. The molecule has 0 aliphatic carbocycles. The maximum absolute atomic E-state index is 4.46. The van der Waals surface area contributed by atoms with Gasteiger partial charge < -0.3 is 9.47 Å². The van der Waals surface area contributed by atoms with Gasteiger partial charge in [0, 0.05) is 77.0 Å². The van der Waals surface area contributed by atoms with Crippen molar-refractivity contribution in [3.63, 3.8) is 0 Å². The van der Waals surface area contributed by atoms with Crippen molar-refractivity contribution in [2.45, 2.75) is 12.6 Å². The van der Waals surface area contributed by atoms with Crippen molar-refractivity contribution >= 4 is 5.82 Å². The molecule has 4 rings (SSSR count). The summed E-state index contributed by atoms with van der Waals surface area (Å²) in [5.41, 5.74) is 0. The average Bonchev–Trinajstić information content (AvgIpc) is 3.08. The second-order valence-electron chi connectivity index (χ2n) is 6.42. The molecule has 0 atom stereocenters. The van der Waals surface area contributed by atoms with Crippen molar-refractivity contribution in [3.05, 3.63) is 43.1 Å². The molecule has 2 fully saturated rings. The molecule has 6 nitrogen and oxygen atoms in total. The van der Waals surface area contributed by atoms with Crippen LogP contribution in [0.1, 0.15) is 0 Å². The lowest BCUT2D eigenvalue weighted by Gasteiger charge is -2.48. The van der Waals surface area contributed by atoms with Crippen LogP contribution in [-0.4, -0.2) is 76.2 Å². The van der Waals surface area contributed by atoms with E-state index in [1.54, 1.807) is 0 Å². The van der Waals surface area contributed by atoms with Crippen molar-refractivity contribution < 1.29 is 0 Å². The number of hydrogen-bond acceptors (Lipinski definition) is 5. The fourth-order valence-corrected chi connectivity index (χ4v) is 3.49. The highest BCUT2D eigenvalue weighted by molar-refractivity contribution is 5.38. The van der Waals surface area contributed by atoms with Crippen LogP contribution in [0.2, 0.25) is 0 Å². The van der Waals surface area contributed by atoms with E-state index in [9.17, 15) is 0 Å². The molecule has 2 saturated heterocycles. The summed E-state index contributed by atoms with van der Waals surface area (Å²) in [6.07, 6.45) is 7.66. The van der Waals surface area contributed by atoms with Crippen molar-refractivity contribution in [3.8, 4) is 0 Å².